The lowest BCUT2D eigenvalue weighted by atomic mass is 10.1. The van der Waals surface area contributed by atoms with E-state index in [1.54, 1.807) is 6.20 Å². The Morgan fingerprint density at radius 2 is 1.78 bits per heavy atom. The van der Waals surface area contributed by atoms with Crippen LogP contribution in [0.5, 0.6) is 0 Å². The van der Waals surface area contributed by atoms with Crippen LogP contribution in [0.25, 0.3) is 11.2 Å². The molecule has 2 heterocycles. The highest BCUT2D eigenvalue weighted by Crippen LogP contribution is 2.16. The monoisotopic (exact) mass is 356 g/mol. The predicted octanol–water partition coefficient (Wildman–Crippen LogP) is 3.72. The summed E-state index contributed by atoms with van der Waals surface area (Å²) < 4.78 is 2.06. The second-order valence-electron chi connectivity index (χ2n) is 6.49. The molecule has 2 aromatic carbocycles. The van der Waals surface area contributed by atoms with Crippen LogP contribution in [0.2, 0.25) is 0 Å². The molecule has 1 N–H and O–H groups in total. The van der Waals surface area contributed by atoms with Crippen molar-refractivity contribution in [2.24, 2.45) is 0 Å². The fourth-order valence-electron chi connectivity index (χ4n) is 3.04. The SMILES string of the molecule is Cc1ccc(C(=O)NCc2nc3cccnc3n2Cc2ccccc2)cc1. The molecule has 4 rings (SSSR count). The topological polar surface area (TPSA) is 59.8 Å². The summed E-state index contributed by atoms with van der Waals surface area (Å²) in [6, 6.07) is 21.5. The Bertz CT molecular complexity index is 1070. The standard InChI is InChI=1S/C22H20N4O/c1-16-9-11-18(12-10-16)22(27)24-14-20-25-19-8-5-13-23-21(19)26(20)15-17-6-3-2-4-7-17/h2-13H,14-15H2,1H3,(H,24,27). The van der Waals surface area contributed by atoms with E-state index in [-0.39, 0.29) is 5.91 Å². The van der Waals surface area contributed by atoms with Gasteiger partial charge in [0.25, 0.3) is 5.91 Å². The van der Waals surface area contributed by atoms with Crippen LogP contribution in [0.1, 0.15) is 27.3 Å². The molecule has 5 nitrogen and oxygen atoms in total. The molecular formula is C22H20N4O. The van der Waals surface area contributed by atoms with Crippen molar-refractivity contribution in [3.05, 3.63) is 95.4 Å². The first-order valence-corrected chi connectivity index (χ1v) is 8.89. The number of nitrogens with one attached hydrogen (secondary N) is 1. The van der Waals surface area contributed by atoms with Crippen LogP contribution in [0.4, 0.5) is 0 Å². The Morgan fingerprint density at radius 1 is 1.00 bits per heavy atom. The van der Waals surface area contributed by atoms with Gasteiger partial charge in [0, 0.05) is 11.8 Å². The number of aryl methyl sites for hydroxylation is 1. The third kappa shape index (κ3) is 3.72. The molecular weight excluding hydrogens is 336 g/mol. The number of pyridine rings is 1. The predicted molar refractivity (Wildman–Crippen MR) is 105 cm³/mol. The average molecular weight is 356 g/mol. The van der Waals surface area contributed by atoms with E-state index in [1.807, 2.05) is 61.5 Å². The summed E-state index contributed by atoms with van der Waals surface area (Å²) in [7, 11) is 0. The molecule has 0 bridgehead atoms. The molecule has 2 aromatic heterocycles. The molecule has 0 aliphatic carbocycles. The van der Waals surface area contributed by atoms with Gasteiger partial charge in [0.15, 0.2) is 5.65 Å². The largest absolute Gasteiger partial charge is 0.345 e. The summed E-state index contributed by atoms with van der Waals surface area (Å²) in [5.41, 5.74) is 4.58. The lowest BCUT2D eigenvalue weighted by Crippen LogP contribution is -2.25. The Morgan fingerprint density at radius 3 is 2.56 bits per heavy atom. The molecule has 0 spiro atoms. The van der Waals surface area contributed by atoms with E-state index < -0.39 is 0 Å². The van der Waals surface area contributed by atoms with Gasteiger partial charge in [-0.3, -0.25) is 4.79 Å². The molecule has 134 valence electrons. The van der Waals surface area contributed by atoms with Crippen LogP contribution >= 0.6 is 0 Å². The number of rotatable bonds is 5. The van der Waals surface area contributed by atoms with E-state index in [9.17, 15) is 4.79 Å². The number of benzene rings is 2. The Balaban J connectivity index is 1.60. The molecule has 0 aliphatic rings. The molecule has 0 atom stereocenters. The van der Waals surface area contributed by atoms with Gasteiger partial charge < -0.3 is 9.88 Å². The first-order chi connectivity index (χ1) is 13.2. The summed E-state index contributed by atoms with van der Waals surface area (Å²) in [5.74, 6) is 0.675. The van der Waals surface area contributed by atoms with E-state index in [4.69, 9.17) is 0 Å². The van der Waals surface area contributed by atoms with Crippen molar-refractivity contribution in [2.75, 3.05) is 0 Å². The maximum absolute atomic E-state index is 12.5. The lowest BCUT2D eigenvalue weighted by Gasteiger charge is -2.10. The third-order valence-corrected chi connectivity index (χ3v) is 4.49. The second-order valence-corrected chi connectivity index (χ2v) is 6.49. The van der Waals surface area contributed by atoms with E-state index >= 15 is 0 Å². The maximum Gasteiger partial charge on any atom is 0.251 e. The number of hydrogen-bond donors (Lipinski definition) is 1. The minimum atomic E-state index is -0.110. The molecule has 0 saturated heterocycles. The second kappa shape index (κ2) is 7.41. The number of fused-ring (bicyclic) bond motifs is 1. The van der Waals surface area contributed by atoms with Crippen LogP contribution in [-0.2, 0) is 13.1 Å². The zero-order chi connectivity index (χ0) is 18.6. The summed E-state index contributed by atoms with van der Waals surface area (Å²) in [6.45, 7) is 3.00. The Hall–Kier alpha value is -3.47. The highest BCUT2D eigenvalue weighted by atomic mass is 16.1. The fraction of sp³-hybridized carbons (Fsp3) is 0.136. The molecule has 0 saturated carbocycles. The van der Waals surface area contributed by atoms with Gasteiger partial charge in [-0.1, -0.05) is 48.0 Å². The van der Waals surface area contributed by atoms with Crippen LogP contribution in [0.3, 0.4) is 0 Å². The first kappa shape index (κ1) is 17.0. The fourth-order valence-corrected chi connectivity index (χ4v) is 3.04. The van der Waals surface area contributed by atoms with Crippen LogP contribution in [0.15, 0.2) is 72.9 Å². The highest BCUT2D eigenvalue weighted by molar-refractivity contribution is 5.94. The number of hydrogen-bond acceptors (Lipinski definition) is 3. The van der Waals surface area contributed by atoms with Gasteiger partial charge in [0.05, 0.1) is 13.1 Å². The van der Waals surface area contributed by atoms with Gasteiger partial charge in [-0.05, 0) is 36.8 Å². The van der Waals surface area contributed by atoms with Crippen molar-refractivity contribution in [1.82, 2.24) is 19.9 Å². The van der Waals surface area contributed by atoms with Crippen molar-refractivity contribution >= 4 is 17.1 Å². The molecule has 0 aliphatic heterocycles. The van der Waals surface area contributed by atoms with Crippen molar-refractivity contribution in [3.63, 3.8) is 0 Å². The van der Waals surface area contributed by atoms with Gasteiger partial charge in [0.1, 0.15) is 11.3 Å². The first-order valence-electron chi connectivity index (χ1n) is 8.89. The van der Waals surface area contributed by atoms with Gasteiger partial charge in [-0.2, -0.15) is 0 Å². The number of nitrogens with zero attached hydrogens (tertiary/aromatic N) is 3. The summed E-state index contributed by atoms with van der Waals surface area (Å²) in [4.78, 5) is 21.6. The minimum Gasteiger partial charge on any atom is -0.345 e. The van der Waals surface area contributed by atoms with E-state index in [0.29, 0.717) is 18.7 Å². The number of aromatic nitrogens is 3. The molecule has 0 unspecified atom stereocenters. The molecule has 27 heavy (non-hydrogen) atoms. The summed E-state index contributed by atoms with van der Waals surface area (Å²) in [5, 5.41) is 2.97. The quantitative estimate of drug-likeness (QED) is 0.593. The van der Waals surface area contributed by atoms with E-state index in [0.717, 1.165) is 28.1 Å². The Kier molecular flexibility index (Phi) is 4.66. The van der Waals surface area contributed by atoms with E-state index in [2.05, 4.69) is 32.0 Å². The minimum absolute atomic E-state index is 0.110. The van der Waals surface area contributed by atoms with Crippen molar-refractivity contribution < 1.29 is 4.79 Å². The van der Waals surface area contributed by atoms with Gasteiger partial charge >= 0.3 is 0 Å². The molecule has 0 fully saturated rings. The molecule has 1 amide bonds. The lowest BCUT2D eigenvalue weighted by molar-refractivity contribution is 0.0949. The third-order valence-electron chi connectivity index (χ3n) is 4.49. The average Bonchev–Trinajstić information content (AvgIpc) is 3.05. The Labute approximate surface area is 157 Å². The van der Waals surface area contributed by atoms with Crippen molar-refractivity contribution in [3.8, 4) is 0 Å². The zero-order valence-electron chi connectivity index (χ0n) is 15.1. The molecule has 0 radical (unpaired) electrons. The molecule has 4 aromatic rings. The van der Waals surface area contributed by atoms with Crippen LogP contribution < -0.4 is 5.32 Å². The van der Waals surface area contributed by atoms with Gasteiger partial charge in [-0.25, -0.2) is 9.97 Å². The smallest absolute Gasteiger partial charge is 0.251 e. The molecule has 5 heteroatoms. The number of carbonyl (C=O) groups is 1. The van der Waals surface area contributed by atoms with E-state index in [1.165, 1.54) is 0 Å². The van der Waals surface area contributed by atoms with Crippen molar-refractivity contribution in [2.45, 2.75) is 20.0 Å². The van der Waals surface area contributed by atoms with Crippen molar-refractivity contribution in [1.29, 1.82) is 0 Å². The highest BCUT2D eigenvalue weighted by Gasteiger charge is 2.13. The number of amides is 1. The summed E-state index contributed by atoms with van der Waals surface area (Å²) in [6.07, 6.45) is 1.76. The zero-order valence-corrected chi connectivity index (χ0v) is 15.1. The number of carbonyl (C=O) groups excluding carboxylic acids is 1. The normalized spacial score (nSPS) is 10.9. The maximum atomic E-state index is 12.5. The summed E-state index contributed by atoms with van der Waals surface area (Å²) >= 11 is 0. The van der Waals surface area contributed by atoms with Gasteiger partial charge in [-0.15, -0.1) is 0 Å². The van der Waals surface area contributed by atoms with Crippen LogP contribution in [0, 0.1) is 6.92 Å². The number of imidazole rings is 1. The van der Waals surface area contributed by atoms with Gasteiger partial charge in [0.2, 0.25) is 0 Å². The van der Waals surface area contributed by atoms with Crippen LogP contribution in [-0.4, -0.2) is 20.4 Å².